The molecule has 4 saturated carbocycles. The van der Waals surface area contributed by atoms with Crippen LogP contribution in [0.3, 0.4) is 0 Å². The van der Waals surface area contributed by atoms with E-state index < -0.39 is 0 Å². The minimum Gasteiger partial charge on any atom is -0.326 e. The summed E-state index contributed by atoms with van der Waals surface area (Å²) in [5, 5.41) is 0.876. The van der Waals surface area contributed by atoms with E-state index in [-0.39, 0.29) is 0 Å². The van der Waals surface area contributed by atoms with Crippen LogP contribution < -0.4 is 5.73 Å². The molecule has 0 aromatic carbocycles. The Morgan fingerprint density at radius 1 is 1.14 bits per heavy atom. The quantitative estimate of drug-likeness (QED) is 0.684. The van der Waals surface area contributed by atoms with Crippen molar-refractivity contribution < 1.29 is 0 Å². The highest BCUT2D eigenvalue weighted by Gasteiger charge is 2.53. The fraction of sp³-hybridized carbons (Fsp3) is 0.765. The van der Waals surface area contributed by atoms with Gasteiger partial charge in [-0.1, -0.05) is 11.8 Å². The third-order valence-electron chi connectivity index (χ3n) is 6.02. The standard InChI is InChI=1S/C17H25N3S/c1-11-8-19-16(20-9-11)21-10-15(18)17-5-12-2-13(6-17)4-14(3-12)7-17/h8-9,12-15H,2-7,10,18H2,1H3. The third kappa shape index (κ3) is 2.61. The minimum atomic E-state index is 0.306. The van der Waals surface area contributed by atoms with Gasteiger partial charge < -0.3 is 5.73 Å². The number of thioether (sulfide) groups is 1. The monoisotopic (exact) mass is 303 g/mol. The van der Waals surface area contributed by atoms with Crippen LogP contribution in [-0.2, 0) is 0 Å². The molecule has 0 radical (unpaired) electrons. The number of hydrogen-bond donors (Lipinski definition) is 1. The molecule has 0 saturated heterocycles. The van der Waals surface area contributed by atoms with Gasteiger partial charge in [-0.2, -0.15) is 0 Å². The van der Waals surface area contributed by atoms with Gasteiger partial charge in [0.1, 0.15) is 0 Å². The molecule has 1 aromatic heterocycles. The smallest absolute Gasteiger partial charge is 0.187 e. The maximum atomic E-state index is 6.67. The van der Waals surface area contributed by atoms with Crippen LogP contribution in [0.2, 0.25) is 0 Å². The maximum Gasteiger partial charge on any atom is 0.187 e. The van der Waals surface area contributed by atoms with E-state index >= 15 is 0 Å². The third-order valence-corrected chi connectivity index (χ3v) is 7.02. The van der Waals surface area contributed by atoms with E-state index in [2.05, 4.69) is 9.97 Å². The van der Waals surface area contributed by atoms with Crippen molar-refractivity contribution in [1.29, 1.82) is 0 Å². The Labute approximate surface area is 131 Å². The molecule has 114 valence electrons. The second-order valence-corrected chi connectivity index (χ2v) is 8.73. The first kappa shape index (κ1) is 14.0. The van der Waals surface area contributed by atoms with Crippen molar-refractivity contribution in [3.8, 4) is 0 Å². The van der Waals surface area contributed by atoms with Gasteiger partial charge in [0.25, 0.3) is 0 Å². The van der Waals surface area contributed by atoms with E-state index in [1.165, 1.54) is 38.5 Å². The Morgan fingerprint density at radius 3 is 2.19 bits per heavy atom. The predicted octanol–water partition coefficient (Wildman–Crippen LogP) is 3.42. The van der Waals surface area contributed by atoms with Crippen molar-refractivity contribution in [3.05, 3.63) is 18.0 Å². The number of rotatable bonds is 4. The summed E-state index contributed by atoms with van der Waals surface area (Å²) in [6.07, 6.45) is 12.4. The Bertz CT molecular complexity index is 478. The molecule has 1 unspecified atom stereocenters. The second-order valence-electron chi connectivity index (χ2n) is 7.74. The van der Waals surface area contributed by atoms with Gasteiger partial charge in [-0.25, -0.2) is 9.97 Å². The summed E-state index contributed by atoms with van der Waals surface area (Å²) in [5.41, 5.74) is 8.23. The zero-order valence-corrected chi connectivity index (χ0v) is 13.6. The summed E-state index contributed by atoms with van der Waals surface area (Å²) in [6, 6.07) is 0.306. The number of hydrogen-bond acceptors (Lipinski definition) is 4. The summed E-state index contributed by atoms with van der Waals surface area (Å²) in [6.45, 7) is 2.02. The molecule has 1 heterocycles. The average Bonchev–Trinajstić information content (AvgIpc) is 2.45. The molecule has 4 bridgehead atoms. The lowest BCUT2D eigenvalue weighted by atomic mass is 9.48. The van der Waals surface area contributed by atoms with Crippen LogP contribution in [0.5, 0.6) is 0 Å². The van der Waals surface area contributed by atoms with Gasteiger partial charge in [0.2, 0.25) is 0 Å². The molecule has 0 spiro atoms. The first-order chi connectivity index (χ1) is 10.1. The number of nitrogens with zero attached hydrogens (tertiary/aromatic N) is 2. The summed E-state index contributed by atoms with van der Waals surface area (Å²) < 4.78 is 0. The molecular formula is C17H25N3S. The van der Waals surface area contributed by atoms with Crippen molar-refractivity contribution in [2.45, 2.75) is 56.6 Å². The van der Waals surface area contributed by atoms with E-state index in [0.29, 0.717) is 11.5 Å². The number of nitrogens with two attached hydrogens (primary N) is 1. The van der Waals surface area contributed by atoms with Gasteiger partial charge in [-0.05, 0) is 74.2 Å². The zero-order chi connectivity index (χ0) is 14.4. The minimum absolute atomic E-state index is 0.306. The molecular weight excluding hydrogens is 278 g/mol. The number of aromatic nitrogens is 2. The van der Waals surface area contributed by atoms with Gasteiger partial charge in [-0.3, -0.25) is 0 Å². The lowest BCUT2D eigenvalue weighted by Crippen LogP contribution is -2.55. The highest BCUT2D eigenvalue weighted by atomic mass is 32.2. The fourth-order valence-corrected chi connectivity index (χ4v) is 6.36. The van der Waals surface area contributed by atoms with E-state index in [1.54, 1.807) is 11.8 Å². The summed E-state index contributed by atoms with van der Waals surface area (Å²) in [5.74, 6) is 3.89. The molecule has 4 fully saturated rings. The van der Waals surface area contributed by atoms with Crippen molar-refractivity contribution >= 4 is 11.8 Å². The van der Waals surface area contributed by atoms with Crippen LogP contribution in [0.15, 0.2) is 17.6 Å². The first-order valence-electron chi connectivity index (χ1n) is 8.30. The van der Waals surface area contributed by atoms with Crippen LogP contribution in [0.4, 0.5) is 0 Å². The van der Waals surface area contributed by atoms with Gasteiger partial charge in [0.15, 0.2) is 5.16 Å². The number of aryl methyl sites for hydroxylation is 1. The molecule has 4 heteroatoms. The van der Waals surface area contributed by atoms with Crippen LogP contribution in [0.1, 0.15) is 44.1 Å². The van der Waals surface area contributed by atoms with E-state index in [9.17, 15) is 0 Å². The van der Waals surface area contributed by atoms with Crippen molar-refractivity contribution in [2.24, 2.45) is 28.9 Å². The van der Waals surface area contributed by atoms with E-state index in [0.717, 1.165) is 34.2 Å². The Kier molecular flexibility index (Phi) is 3.49. The van der Waals surface area contributed by atoms with Gasteiger partial charge >= 0.3 is 0 Å². The first-order valence-corrected chi connectivity index (χ1v) is 9.28. The molecule has 2 N–H and O–H groups in total. The van der Waals surface area contributed by atoms with Gasteiger partial charge in [-0.15, -0.1) is 0 Å². The predicted molar refractivity (Wildman–Crippen MR) is 86.1 cm³/mol. The summed E-state index contributed by atoms with van der Waals surface area (Å²) >= 11 is 1.74. The van der Waals surface area contributed by atoms with Crippen molar-refractivity contribution in [2.75, 3.05) is 5.75 Å². The van der Waals surface area contributed by atoms with Gasteiger partial charge in [0.05, 0.1) is 0 Å². The SMILES string of the molecule is Cc1cnc(SCC(N)C23CC4CC(CC(C4)C2)C3)nc1. The van der Waals surface area contributed by atoms with Crippen LogP contribution >= 0.6 is 11.8 Å². The average molecular weight is 303 g/mol. The maximum absolute atomic E-state index is 6.67. The lowest BCUT2D eigenvalue weighted by molar-refractivity contribution is -0.0629. The van der Waals surface area contributed by atoms with Crippen LogP contribution in [0, 0.1) is 30.1 Å². The normalized spacial score (nSPS) is 38.7. The molecule has 0 aliphatic heterocycles. The van der Waals surface area contributed by atoms with E-state index in [1.807, 2.05) is 19.3 Å². The highest BCUT2D eigenvalue weighted by molar-refractivity contribution is 7.99. The zero-order valence-electron chi connectivity index (χ0n) is 12.8. The molecule has 5 rings (SSSR count). The topological polar surface area (TPSA) is 51.8 Å². The largest absolute Gasteiger partial charge is 0.326 e. The van der Waals surface area contributed by atoms with Crippen LogP contribution in [-0.4, -0.2) is 21.8 Å². The van der Waals surface area contributed by atoms with Gasteiger partial charge in [0, 0.05) is 24.2 Å². The van der Waals surface area contributed by atoms with Crippen LogP contribution in [0.25, 0.3) is 0 Å². The molecule has 1 aromatic rings. The molecule has 1 atom stereocenters. The van der Waals surface area contributed by atoms with Crippen molar-refractivity contribution in [1.82, 2.24) is 9.97 Å². The molecule has 21 heavy (non-hydrogen) atoms. The van der Waals surface area contributed by atoms with E-state index in [4.69, 9.17) is 5.73 Å². The molecule has 0 amide bonds. The summed E-state index contributed by atoms with van der Waals surface area (Å²) in [7, 11) is 0. The van der Waals surface area contributed by atoms with Crippen molar-refractivity contribution in [3.63, 3.8) is 0 Å². The Morgan fingerprint density at radius 2 is 1.67 bits per heavy atom. The lowest BCUT2D eigenvalue weighted by Gasteiger charge is -2.59. The molecule has 4 aliphatic rings. The second kappa shape index (κ2) is 5.24. The fourth-order valence-electron chi connectivity index (χ4n) is 5.43. The summed E-state index contributed by atoms with van der Waals surface area (Å²) in [4.78, 5) is 8.79. The highest BCUT2D eigenvalue weighted by Crippen LogP contribution is 2.61. The molecule has 3 nitrogen and oxygen atoms in total. The Hall–Kier alpha value is -0.610. The molecule has 4 aliphatic carbocycles. The Balaban J connectivity index is 1.42.